The van der Waals surface area contributed by atoms with Crippen molar-refractivity contribution in [1.82, 2.24) is 5.32 Å². The van der Waals surface area contributed by atoms with Crippen LogP contribution >= 0.6 is 0 Å². The van der Waals surface area contributed by atoms with Crippen LogP contribution in [-0.4, -0.2) is 23.8 Å². The van der Waals surface area contributed by atoms with E-state index in [4.69, 9.17) is 16.3 Å². The van der Waals surface area contributed by atoms with Crippen molar-refractivity contribution in [2.24, 2.45) is 0 Å². The fourth-order valence-corrected chi connectivity index (χ4v) is 1.69. The van der Waals surface area contributed by atoms with Gasteiger partial charge in [0, 0.05) is 12.6 Å². The number of hydrogen-bond donors (Lipinski definition) is 2. The molecule has 1 aromatic rings. The molecule has 92 valence electrons. The number of nitrogens with one attached hydrogen (secondary N) is 1. The first kappa shape index (κ1) is 13.9. The number of phenols is 1. The van der Waals surface area contributed by atoms with Gasteiger partial charge in [-0.2, -0.15) is 0 Å². The predicted molar refractivity (Wildman–Crippen MR) is 74.6 cm³/mol. The zero-order valence-electron chi connectivity index (χ0n) is 9.55. The highest BCUT2D eigenvalue weighted by Gasteiger charge is 1.96. The first-order chi connectivity index (χ1) is 8.08. The van der Waals surface area contributed by atoms with Gasteiger partial charge in [-0.3, -0.25) is 4.79 Å². The number of carbonyl (C=O) groups is 1. The third kappa shape index (κ3) is 6.19. The molecule has 0 radical (unpaired) electrons. The van der Waals surface area contributed by atoms with Crippen LogP contribution in [-0.2, 0) is 31.9 Å². The lowest BCUT2D eigenvalue weighted by Crippen LogP contribution is -2.23. The Morgan fingerprint density at radius 1 is 1.47 bits per heavy atom. The molecule has 0 heterocycles. The molecule has 3 nitrogen and oxygen atoms in total. The van der Waals surface area contributed by atoms with Crippen molar-refractivity contribution in [3.63, 3.8) is 0 Å². The first-order valence-corrected chi connectivity index (χ1v) is 7.76. The van der Waals surface area contributed by atoms with Crippen LogP contribution in [0.25, 0.3) is 0 Å². The molecule has 0 aliphatic rings. The third-order valence-electron chi connectivity index (χ3n) is 2.06. The molecule has 5 heteroatoms. The van der Waals surface area contributed by atoms with Gasteiger partial charge >= 0.3 is 0 Å². The van der Waals surface area contributed by atoms with Crippen LogP contribution < -0.4 is 5.32 Å². The molecule has 17 heavy (non-hydrogen) atoms. The van der Waals surface area contributed by atoms with Gasteiger partial charge in [0.25, 0.3) is 0 Å². The maximum Gasteiger partial charge on any atom is 0.244 e. The molecule has 1 unspecified atom stereocenters. The van der Waals surface area contributed by atoms with Crippen molar-refractivity contribution < 1.29 is 9.90 Å². The molecule has 0 aliphatic heterocycles. The minimum absolute atomic E-state index is 0.118. The lowest BCUT2D eigenvalue weighted by atomic mass is 10.1. The molecule has 0 aliphatic carbocycles. The third-order valence-corrected chi connectivity index (χ3v) is 2.91. The lowest BCUT2D eigenvalue weighted by Gasteiger charge is -2.02. The summed E-state index contributed by atoms with van der Waals surface area (Å²) < 4.78 is 0. The first-order valence-electron chi connectivity index (χ1n) is 5.14. The SMILES string of the molecule is CS(=S)C=CC(=O)NCCc1ccc(O)cc1. The number of amides is 1. The van der Waals surface area contributed by atoms with Gasteiger partial charge in [0.2, 0.25) is 5.91 Å². The number of rotatable bonds is 5. The summed E-state index contributed by atoms with van der Waals surface area (Å²) in [5, 5.41) is 13.6. The molecule has 0 saturated heterocycles. The van der Waals surface area contributed by atoms with E-state index >= 15 is 0 Å². The summed E-state index contributed by atoms with van der Waals surface area (Å²) in [6.45, 7) is 0.572. The average molecular weight is 269 g/mol. The summed E-state index contributed by atoms with van der Waals surface area (Å²) in [7, 11) is -0.266. The molecule has 0 saturated carbocycles. The van der Waals surface area contributed by atoms with E-state index in [0.717, 1.165) is 12.0 Å². The maximum atomic E-state index is 11.3. The van der Waals surface area contributed by atoms with Crippen LogP contribution in [0.3, 0.4) is 0 Å². The van der Waals surface area contributed by atoms with Crippen LogP contribution in [0.4, 0.5) is 0 Å². The Balaban J connectivity index is 2.30. The van der Waals surface area contributed by atoms with Crippen molar-refractivity contribution in [2.75, 3.05) is 12.8 Å². The monoisotopic (exact) mass is 269 g/mol. The van der Waals surface area contributed by atoms with E-state index in [1.807, 2.05) is 18.4 Å². The number of hydrogen-bond acceptors (Lipinski definition) is 3. The van der Waals surface area contributed by atoms with E-state index in [-0.39, 0.29) is 21.1 Å². The standard InChI is InChI=1S/C12H15NO2S2/c1-17(16)9-7-12(15)13-8-6-10-2-4-11(14)5-3-10/h2-5,7,9,14H,6,8H2,1H3,(H,13,15). The van der Waals surface area contributed by atoms with Gasteiger partial charge < -0.3 is 10.4 Å². The number of aromatic hydroxyl groups is 1. The second kappa shape index (κ2) is 7.19. The second-order valence-electron chi connectivity index (χ2n) is 3.51. The Hall–Kier alpha value is -1.20. The van der Waals surface area contributed by atoms with E-state index < -0.39 is 0 Å². The fraction of sp³-hybridized carbons (Fsp3) is 0.250. The molecule has 0 bridgehead atoms. The van der Waals surface area contributed by atoms with Crippen molar-refractivity contribution >= 4 is 26.5 Å². The van der Waals surface area contributed by atoms with Crippen molar-refractivity contribution in [1.29, 1.82) is 0 Å². The summed E-state index contributed by atoms with van der Waals surface area (Å²) in [5.41, 5.74) is 1.07. The van der Waals surface area contributed by atoms with Crippen molar-refractivity contribution in [3.8, 4) is 5.75 Å². The van der Waals surface area contributed by atoms with Gasteiger partial charge in [-0.15, -0.1) is 9.45 Å². The summed E-state index contributed by atoms with van der Waals surface area (Å²) in [6, 6.07) is 6.95. The van der Waals surface area contributed by atoms with E-state index in [2.05, 4.69) is 5.32 Å². The molecule has 1 rings (SSSR count). The van der Waals surface area contributed by atoms with Gasteiger partial charge in [-0.05, 0) is 47.0 Å². The fourth-order valence-electron chi connectivity index (χ4n) is 1.21. The zero-order chi connectivity index (χ0) is 12.7. The Kier molecular flexibility index (Phi) is 5.86. The minimum Gasteiger partial charge on any atom is -0.508 e. The van der Waals surface area contributed by atoms with E-state index in [1.165, 1.54) is 6.08 Å². The quantitative estimate of drug-likeness (QED) is 0.792. The topological polar surface area (TPSA) is 49.3 Å². The smallest absolute Gasteiger partial charge is 0.244 e. The van der Waals surface area contributed by atoms with Gasteiger partial charge in [0.15, 0.2) is 0 Å². The van der Waals surface area contributed by atoms with E-state index in [1.54, 1.807) is 17.5 Å². The van der Waals surface area contributed by atoms with Gasteiger partial charge in [-0.25, -0.2) is 0 Å². The second-order valence-corrected chi connectivity index (χ2v) is 6.36. The number of carbonyl (C=O) groups excluding carboxylic acids is 1. The Labute approximate surface area is 108 Å². The molecule has 0 spiro atoms. The summed E-state index contributed by atoms with van der Waals surface area (Å²) in [6.07, 6.45) is 4.09. The van der Waals surface area contributed by atoms with Crippen LogP contribution in [0.1, 0.15) is 5.56 Å². The average Bonchev–Trinajstić information content (AvgIpc) is 2.29. The highest BCUT2D eigenvalue weighted by Crippen LogP contribution is 2.09. The maximum absolute atomic E-state index is 11.3. The van der Waals surface area contributed by atoms with E-state index in [0.29, 0.717) is 6.54 Å². The molecule has 0 fully saturated rings. The zero-order valence-corrected chi connectivity index (χ0v) is 11.2. The molecular weight excluding hydrogens is 254 g/mol. The van der Waals surface area contributed by atoms with Crippen LogP contribution in [0.5, 0.6) is 5.75 Å². The molecule has 1 amide bonds. The molecule has 2 N–H and O–H groups in total. The Morgan fingerprint density at radius 2 is 2.12 bits per heavy atom. The van der Waals surface area contributed by atoms with Gasteiger partial charge in [0.05, 0.1) is 0 Å². The highest BCUT2D eigenvalue weighted by atomic mass is 32.8. The molecule has 1 aromatic carbocycles. The summed E-state index contributed by atoms with van der Waals surface area (Å²) >= 11 is 4.94. The predicted octanol–water partition coefficient (Wildman–Crippen LogP) is 1.27. The summed E-state index contributed by atoms with van der Waals surface area (Å²) in [4.78, 5) is 11.3. The van der Waals surface area contributed by atoms with Crippen molar-refractivity contribution in [2.45, 2.75) is 6.42 Å². The summed E-state index contributed by atoms with van der Waals surface area (Å²) in [5.74, 6) is 0.133. The Bertz CT molecular complexity index is 427. The number of benzene rings is 1. The largest absolute Gasteiger partial charge is 0.508 e. The Morgan fingerprint density at radius 3 is 2.71 bits per heavy atom. The molecule has 1 atom stereocenters. The normalized spacial score (nSPS) is 12.5. The minimum atomic E-state index is -0.266. The van der Waals surface area contributed by atoms with Gasteiger partial charge in [0.1, 0.15) is 5.75 Å². The van der Waals surface area contributed by atoms with Crippen molar-refractivity contribution in [3.05, 3.63) is 41.3 Å². The molecular formula is C12H15NO2S2. The van der Waals surface area contributed by atoms with Crippen LogP contribution in [0.15, 0.2) is 35.7 Å². The highest BCUT2D eigenvalue weighted by molar-refractivity contribution is 8.30. The van der Waals surface area contributed by atoms with Crippen LogP contribution in [0.2, 0.25) is 0 Å². The van der Waals surface area contributed by atoms with Crippen LogP contribution in [0, 0.1) is 0 Å². The van der Waals surface area contributed by atoms with Gasteiger partial charge in [-0.1, -0.05) is 12.1 Å². The number of phenolic OH excluding ortho intramolecular Hbond substituents is 1. The molecule has 0 aromatic heterocycles. The lowest BCUT2D eigenvalue weighted by molar-refractivity contribution is -0.116. The van der Waals surface area contributed by atoms with E-state index in [9.17, 15) is 4.79 Å².